The van der Waals surface area contributed by atoms with E-state index in [0.29, 0.717) is 18.1 Å². The Morgan fingerprint density at radius 3 is 2.67 bits per heavy atom. The largest absolute Gasteiger partial charge is 0.383 e. The van der Waals surface area contributed by atoms with Crippen molar-refractivity contribution < 1.29 is 4.74 Å². The van der Waals surface area contributed by atoms with Gasteiger partial charge in [0.2, 0.25) is 0 Å². The van der Waals surface area contributed by atoms with Crippen molar-refractivity contribution in [2.75, 3.05) is 20.8 Å². The summed E-state index contributed by atoms with van der Waals surface area (Å²) in [6.07, 6.45) is 0.469. The van der Waals surface area contributed by atoms with Gasteiger partial charge in [0.05, 0.1) is 19.1 Å². The van der Waals surface area contributed by atoms with E-state index in [1.807, 2.05) is 25.8 Å². The Labute approximate surface area is 97.2 Å². The van der Waals surface area contributed by atoms with Crippen molar-refractivity contribution in [1.29, 1.82) is 5.26 Å². The van der Waals surface area contributed by atoms with E-state index in [-0.39, 0.29) is 12.1 Å². The maximum atomic E-state index is 8.57. The maximum Gasteiger partial charge on any atom is 0.169 e. The minimum absolute atomic E-state index is 0.129. The Morgan fingerprint density at radius 2 is 2.20 bits per heavy atom. The molecule has 5 heteroatoms. The van der Waals surface area contributed by atoms with Crippen LogP contribution in [0, 0.1) is 11.3 Å². The lowest BCUT2D eigenvalue weighted by Crippen LogP contribution is -2.46. The molecule has 0 aromatic carbocycles. The van der Waals surface area contributed by atoms with Gasteiger partial charge in [-0.1, -0.05) is 0 Å². The van der Waals surface area contributed by atoms with Gasteiger partial charge >= 0.3 is 0 Å². The van der Waals surface area contributed by atoms with Gasteiger partial charge in [0, 0.05) is 26.2 Å². The van der Waals surface area contributed by atoms with Gasteiger partial charge in [-0.2, -0.15) is 5.26 Å². The first-order valence-electron chi connectivity index (χ1n) is 4.92. The van der Waals surface area contributed by atoms with Crippen LogP contribution in [0.15, 0.2) is 0 Å². The molecule has 2 unspecified atom stereocenters. The number of hydrogen-bond acceptors (Lipinski definition) is 3. The summed E-state index contributed by atoms with van der Waals surface area (Å²) in [7, 11) is 3.54. The molecule has 4 nitrogen and oxygen atoms in total. The fourth-order valence-corrected chi connectivity index (χ4v) is 1.45. The first kappa shape index (κ1) is 14.1. The molecule has 1 N–H and O–H groups in total. The van der Waals surface area contributed by atoms with Gasteiger partial charge in [0.15, 0.2) is 5.11 Å². The summed E-state index contributed by atoms with van der Waals surface area (Å²) in [6.45, 7) is 4.58. The first-order valence-corrected chi connectivity index (χ1v) is 5.33. The number of hydrogen-bond donors (Lipinski definition) is 1. The van der Waals surface area contributed by atoms with E-state index >= 15 is 0 Å². The molecule has 0 aliphatic heterocycles. The number of nitriles is 1. The van der Waals surface area contributed by atoms with Gasteiger partial charge in [-0.05, 0) is 26.1 Å². The van der Waals surface area contributed by atoms with Crippen LogP contribution in [-0.4, -0.2) is 42.9 Å². The highest BCUT2D eigenvalue weighted by Crippen LogP contribution is 2.01. The molecule has 0 aromatic heterocycles. The number of methoxy groups -OCH3 is 1. The summed E-state index contributed by atoms with van der Waals surface area (Å²) < 4.78 is 5.00. The van der Waals surface area contributed by atoms with Crippen LogP contribution in [0.5, 0.6) is 0 Å². The monoisotopic (exact) mass is 229 g/mol. The molecule has 0 heterocycles. The second-order valence-electron chi connectivity index (χ2n) is 3.63. The Hall–Kier alpha value is -0.860. The summed E-state index contributed by atoms with van der Waals surface area (Å²) in [5, 5.41) is 12.4. The third-order valence-electron chi connectivity index (χ3n) is 2.15. The molecule has 0 amide bonds. The molecule has 2 atom stereocenters. The molecule has 0 saturated heterocycles. The predicted molar refractivity (Wildman–Crippen MR) is 64.5 cm³/mol. The highest BCUT2D eigenvalue weighted by Gasteiger charge is 2.13. The second-order valence-corrected chi connectivity index (χ2v) is 4.01. The van der Waals surface area contributed by atoms with E-state index in [2.05, 4.69) is 11.4 Å². The zero-order valence-electron chi connectivity index (χ0n) is 9.78. The molecular formula is C10H19N3OS. The van der Waals surface area contributed by atoms with Crippen LogP contribution in [0.1, 0.15) is 20.3 Å². The first-order chi connectivity index (χ1) is 7.02. The van der Waals surface area contributed by atoms with Gasteiger partial charge in [-0.15, -0.1) is 0 Å². The molecular weight excluding hydrogens is 210 g/mol. The molecule has 86 valence electrons. The highest BCUT2D eigenvalue weighted by molar-refractivity contribution is 7.80. The van der Waals surface area contributed by atoms with Crippen LogP contribution >= 0.6 is 12.2 Å². The fraction of sp³-hybridized carbons (Fsp3) is 0.800. The number of nitrogens with one attached hydrogen (secondary N) is 1. The topological polar surface area (TPSA) is 48.3 Å². The van der Waals surface area contributed by atoms with Crippen molar-refractivity contribution >= 4 is 17.3 Å². The Kier molecular flexibility index (Phi) is 7.01. The summed E-state index contributed by atoms with van der Waals surface area (Å²) in [6, 6.07) is 2.44. The number of nitrogens with zero attached hydrogens (tertiary/aromatic N) is 2. The normalized spacial score (nSPS) is 13.8. The summed E-state index contributed by atoms with van der Waals surface area (Å²) in [5.74, 6) is 0. The van der Waals surface area contributed by atoms with Gasteiger partial charge in [-0.25, -0.2) is 0 Å². The van der Waals surface area contributed by atoms with Gasteiger partial charge in [0.1, 0.15) is 0 Å². The molecule has 0 spiro atoms. The lowest BCUT2D eigenvalue weighted by atomic mass is 10.2. The molecule has 0 saturated carbocycles. The number of rotatable bonds is 5. The van der Waals surface area contributed by atoms with Crippen molar-refractivity contribution in [2.45, 2.75) is 32.4 Å². The van der Waals surface area contributed by atoms with Gasteiger partial charge < -0.3 is 15.0 Å². The molecule has 0 aliphatic carbocycles. The highest BCUT2D eigenvalue weighted by atomic mass is 32.1. The van der Waals surface area contributed by atoms with Crippen LogP contribution in [0.3, 0.4) is 0 Å². The maximum absolute atomic E-state index is 8.57. The zero-order chi connectivity index (χ0) is 11.8. The minimum Gasteiger partial charge on any atom is -0.383 e. The SMILES string of the molecule is COCC(C)NC(=S)N(C)C(C)CC#N. The average Bonchev–Trinajstić information content (AvgIpc) is 2.17. The molecule has 0 aromatic rings. The van der Waals surface area contributed by atoms with Crippen LogP contribution in [0.4, 0.5) is 0 Å². The molecule has 15 heavy (non-hydrogen) atoms. The Bertz CT molecular complexity index is 239. The summed E-state index contributed by atoms with van der Waals surface area (Å²) >= 11 is 5.21. The van der Waals surface area contributed by atoms with E-state index in [4.69, 9.17) is 22.2 Å². The van der Waals surface area contributed by atoms with Crippen molar-refractivity contribution in [3.63, 3.8) is 0 Å². The number of ether oxygens (including phenoxy) is 1. The van der Waals surface area contributed by atoms with Crippen LogP contribution in [-0.2, 0) is 4.74 Å². The lowest BCUT2D eigenvalue weighted by Gasteiger charge is -2.28. The molecule has 0 fully saturated rings. The second kappa shape index (κ2) is 7.43. The third kappa shape index (κ3) is 5.55. The molecule has 0 bridgehead atoms. The van der Waals surface area contributed by atoms with Crippen molar-refractivity contribution in [3.05, 3.63) is 0 Å². The van der Waals surface area contributed by atoms with E-state index in [1.165, 1.54) is 0 Å². The molecule has 0 rings (SSSR count). The van der Waals surface area contributed by atoms with Crippen molar-refractivity contribution in [1.82, 2.24) is 10.2 Å². The van der Waals surface area contributed by atoms with Gasteiger partial charge in [0.25, 0.3) is 0 Å². The summed E-state index contributed by atoms with van der Waals surface area (Å²) in [4.78, 5) is 1.89. The van der Waals surface area contributed by atoms with Crippen LogP contribution < -0.4 is 5.32 Å². The number of thiocarbonyl (C=S) groups is 1. The standard InChI is InChI=1S/C10H19N3OS/c1-8(7-14-4)12-10(15)13(3)9(2)5-6-11/h8-9H,5,7H2,1-4H3,(H,12,15). The average molecular weight is 229 g/mol. The van der Waals surface area contributed by atoms with E-state index in [1.54, 1.807) is 7.11 Å². The smallest absolute Gasteiger partial charge is 0.169 e. The van der Waals surface area contributed by atoms with Crippen LogP contribution in [0.2, 0.25) is 0 Å². The van der Waals surface area contributed by atoms with Crippen molar-refractivity contribution in [2.24, 2.45) is 0 Å². The van der Waals surface area contributed by atoms with Crippen molar-refractivity contribution in [3.8, 4) is 6.07 Å². The predicted octanol–water partition coefficient (Wildman–Crippen LogP) is 1.13. The minimum atomic E-state index is 0.129. The summed E-state index contributed by atoms with van der Waals surface area (Å²) in [5.41, 5.74) is 0. The third-order valence-corrected chi connectivity index (χ3v) is 2.56. The van der Waals surface area contributed by atoms with E-state index < -0.39 is 0 Å². The molecule has 0 aliphatic rings. The quantitative estimate of drug-likeness (QED) is 0.716. The fourth-order valence-electron chi connectivity index (χ4n) is 1.07. The van der Waals surface area contributed by atoms with Gasteiger partial charge in [-0.3, -0.25) is 0 Å². The lowest BCUT2D eigenvalue weighted by molar-refractivity contribution is 0.177. The Balaban J connectivity index is 4.04. The van der Waals surface area contributed by atoms with E-state index in [0.717, 1.165) is 0 Å². The molecule has 0 radical (unpaired) electrons. The van der Waals surface area contributed by atoms with E-state index in [9.17, 15) is 0 Å². The zero-order valence-corrected chi connectivity index (χ0v) is 10.6. The Morgan fingerprint density at radius 1 is 1.60 bits per heavy atom. The van der Waals surface area contributed by atoms with Crippen LogP contribution in [0.25, 0.3) is 0 Å².